The molecule has 0 radical (unpaired) electrons. The molecule has 0 amide bonds. The van der Waals surface area contributed by atoms with E-state index < -0.39 is 5.97 Å². The molecule has 1 atom stereocenters. The number of carbonyl (C=O) groups is 1. The van der Waals surface area contributed by atoms with Crippen LogP contribution in [-0.4, -0.2) is 20.6 Å². The van der Waals surface area contributed by atoms with E-state index in [1.54, 1.807) is 6.20 Å². The number of aryl methyl sites for hydroxylation is 1. The molecular weight excluding hydrogens is 204 g/mol. The number of nitrogens with zero attached hydrogens (tertiary/aromatic N) is 2. The number of rotatable bonds is 2. The predicted octanol–water partition coefficient (Wildman–Crippen LogP) is 1.57. The molecule has 0 saturated carbocycles. The molecule has 0 fully saturated rings. The summed E-state index contributed by atoms with van der Waals surface area (Å²) in [5, 5.41) is 9.28. The second-order valence-corrected chi connectivity index (χ2v) is 4.00. The van der Waals surface area contributed by atoms with E-state index in [2.05, 4.69) is 4.98 Å². The Kier molecular flexibility index (Phi) is 2.46. The Morgan fingerprint density at radius 2 is 2.57 bits per heavy atom. The van der Waals surface area contributed by atoms with E-state index in [1.807, 2.05) is 4.57 Å². The van der Waals surface area contributed by atoms with Crippen LogP contribution in [0.1, 0.15) is 18.7 Å². The molecule has 1 unspecified atom stereocenters. The minimum absolute atomic E-state index is 0.187. The normalized spacial score (nSPS) is 20.5. The fourth-order valence-electron chi connectivity index (χ4n) is 1.88. The van der Waals surface area contributed by atoms with E-state index in [4.69, 9.17) is 16.7 Å². The fraction of sp³-hybridized carbons (Fsp3) is 0.556. The lowest BCUT2D eigenvalue weighted by Gasteiger charge is -2.22. The van der Waals surface area contributed by atoms with Crippen molar-refractivity contribution in [2.24, 2.45) is 5.92 Å². The number of aromatic nitrogens is 2. The fourth-order valence-corrected chi connectivity index (χ4v) is 2.09. The van der Waals surface area contributed by atoms with Crippen molar-refractivity contribution in [1.29, 1.82) is 0 Å². The Morgan fingerprint density at radius 3 is 3.29 bits per heavy atom. The van der Waals surface area contributed by atoms with Crippen molar-refractivity contribution >= 4 is 17.6 Å². The van der Waals surface area contributed by atoms with Gasteiger partial charge in [-0.05, 0) is 12.3 Å². The summed E-state index contributed by atoms with van der Waals surface area (Å²) in [4.78, 5) is 14.7. The molecule has 0 aromatic carbocycles. The molecule has 0 bridgehead atoms. The lowest BCUT2D eigenvalue weighted by atomic mass is 9.96. The standard InChI is InChI=1S/C9H11ClN2O2/c10-7-4-11-8-2-1-6(3-9(13)14)5-12(7)8/h4,6H,1-3,5H2,(H,13,14). The first-order valence-corrected chi connectivity index (χ1v) is 4.96. The first-order valence-electron chi connectivity index (χ1n) is 4.58. The molecule has 2 heterocycles. The summed E-state index contributed by atoms with van der Waals surface area (Å²) in [5.41, 5.74) is 0. The Hall–Kier alpha value is -1.03. The average Bonchev–Trinajstić information content (AvgIpc) is 2.47. The molecule has 1 aromatic rings. The summed E-state index contributed by atoms with van der Waals surface area (Å²) in [6.45, 7) is 0.681. The van der Waals surface area contributed by atoms with Crippen LogP contribution in [0.4, 0.5) is 0 Å². The van der Waals surface area contributed by atoms with Crippen LogP contribution < -0.4 is 0 Å². The zero-order valence-corrected chi connectivity index (χ0v) is 8.37. The maximum absolute atomic E-state index is 10.5. The van der Waals surface area contributed by atoms with Crippen molar-refractivity contribution in [1.82, 2.24) is 9.55 Å². The van der Waals surface area contributed by atoms with Crippen molar-refractivity contribution in [3.8, 4) is 0 Å². The van der Waals surface area contributed by atoms with Crippen LogP contribution in [0.2, 0.25) is 5.15 Å². The first-order chi connectivity index (χ1) is 6.66. The van der Waals surface area contributed by atoms with Gasteiger partial charge in [-0.2, -0.15) is 0 Å². The van der Waals surface area contributed by atoms with E-state index in [1.165, 1.54) is 0 Å². The van der Waals surface area contributed by atoms with Crippen molar-refractivity contribution in [3.05, 3.63) is 17.2 Å². The monoisotopic (exact) mass is 214 g/mol. The molecule has 1 aromatic heterocycles. The number of imidazole rings is 1. The Balaban J connectivity index is 2.12. The van der Waals surface area contributed by atoms with E-state index in [9.17, 15) is 4.79 Å². The summed E-state index contributed by atoms with van der Waals surface area (Å²) >= 11 is 5.91. The van der Waals surface area contributed by atoms with Crippen LogP contribution in [0.5, 0.6) is 0 Å². The minimum Gasteiger partial charge on any atom is -0.481 e. The van der Waals surface area contributed by atoms with Gasteiger partial charge in [-0.25, -0.2) is 4.98 Å². The minimum atomic E-state index is -0.741. The highest BCUT2D eigenvalue weighted by Crippen LogP contribution is 2.25. The third-order valence-electron chi connectivity index (χ3n) is 2.57. The number of halogens is 1. The maximum Gasteiger partial charge on any atom is 0.303 e. The molecule has 0 saturated heterocycles. The number of carboxylic acids is 1. The summed E-state index contributed by atoms with van der Waals surface area (Å²) < 4.78 is 1.90. The van der Waals surface area contributed by atoms with Crippen LogP contribution in [-0.2, 0) is 17.8 Å². The zero-order valence-electron chi connectivity index (χ0n) is 7.61. The van der Waals surface area contributed by atoms with Gasteiger partial charge in [0.15, 0.2) is 0 Å². The van der Waals surface area contributed by atoms with E-state index in [0.29, 0.717) is 11.7 Å². The quantitative estimate of drug-likeness (QED) is 0.813. The zero-order chi connectivity index (χ0) is 10.1. The SMILES string of the molecule is O=C(O)CC1CCc2ncc(Cl)n2C1. The van der Waals surface area contributed by atoms with Gasteiger partial charge in [0.05, 0.1) is 6.20 Å². The van der Waals surface area contributed by atoms with Crippen molar-refractivity contribution in [2.45, 2.75) is 25.8 Å². The van der Waals surface area contributed by atoms with Gasteiger partial charge in [0.1, 0.15) is 11.0 Å². The average molecular weight is 215 g/mol. The van der Waals surface area contributed by atoms with Gasteiger partial charge in [0.2, 0.25) is 0 Å². The second-order valence-electron chi connectivity index (χ2n) is 3.61. The molecular formula is C9H11ClN2O2. The highest BCUT2D eigenvalue weighted by molar-refractivity contribution is 6.29. The number of carboxylic acid groups (broad SMARTS) is 1. The van der Waals surface area contributed by atoms with Gasteiger partial charge in [0.25, 0.3) is 0 Å². The number of aliphatic carboxylic acids is 1. The molecule has 0 aliphatic carbocycles. The van der Waals surface area contributed by atoms with Crippen LogP contribution in [0, 0.1) is 5.92 Å². The van der Waals surface area contributed by atoms with Crippen molar-refractivity contribution in [3.63, 3.8) is 0 Å². The summed E-state index contributed by atoms with van der Waals surface area (Å²) in [6.07, 6.45) is 3.55. The maximum atomic E-state index is 10.5. The Labute approximate surface area is 86.5 Å². The molecule has 0 spiro atoms. The molecule has 1 aliphatic rings. The lowest BCUT2D eigenvalue weighted by molar-refractivity contribution is -0.138. The largest absolute Gasteiger partial charge is 0.481 e. The van der Waals surface area contributed by atoms with Crippen molar-refractivity contribution in [2.75, 3.05) is 0 Å². The first kappa shape index (κ1) is 9.52. The number of fused-ring (bicyclic) bond motifs is 1. The lowest BCUT2D eigenvalue weighted by Crippen LogP contribution is -2.22. The van der Waals surface area contributed by atoms with Gasteiger partial charge in [-0.15, -0.1) is 0 Å². The predicted molar refractivity (Wildman–Crippen MR) is 51.3 cm³/mol. The van der Waals surface area contributed by atoms with E-state index in [-0.39, 0.29) is 12.3 Å². The highest BCUT2D eigenvalue weighted by atomic mass is 35.5. The van der Waals surface area contributed by atoms with Crippen LogP contribution in [0.25, 0.3) is 0 Å². The summed E-state index contributed by atoms with van der Waals surface area (Å²) in [7, 11) is 0. The molecule has 4 nitrogen and oxygen atoms in total. The summed E-state index contributed by atoms with van der Waals surface area (Å²) in [6, 6.07) is 0. The molecule has 5 heteroatoms. The summed E-state index contributed by atoms with van der Waals surface area (Å²) in [5.74, 6) is 0.415. The topological polar surface area (TPSA) is 55.1 Å². The third-order valence-corrected chi connectivity index (χ3v) is 2.87. The third kappa shape index (κ3) is 1.75. The van der Waals surface area contributed by atoms with Crippen LogP contribution >= 0.6 is 11.6 Å². The van der Waals surface area contributed by atoms with Crippen LogP contribution in [0.15, 0.2) is 6.20 Å². The Morgan fingerprint density at radius 1 is 1.79 bits per heavy atom. The second kappa shape index (κ2) is 3.61. The number of hydrogen-bond donors (Lipinski definition) is 1. The molecule has 1 aliphatic heterocycles. The Bertz CT molecular complexity index is 362. The van der Waals surface area contributed by atoms with Gasteiger partial charge in [-0.1, -0.05) is 11.6 Å². The van der Waals surface area contributed by atoms with Gasteiger partial charge in [0, 0.05) is 19.4 Å². The van der Waals surface area contributed by atoms with E-state index >= 15 is 0 Å². The molecule has 1 N–H and O–H groups in total. The van der Waals surface area contributed by atoms with Gasteiger partial charge < -0.3 is 9.67 Å². The number of hydrogen-bond acceptors (Lipinski definition) is 2. The van der Waals surface area contributed by atoms with Crippen molar-refractivity contribution < 1.29 is 9.90 Å². The highest BCUT2D eigenvalue weighted by Gasteiger charge is 2.22. The molecule has 76 valence electrons. The van der Waals surface area contributed by atoms with Gasteiger partial charge in [-0.3, -0.25) is 4.79 Å². The van der Waals surface area contributed by atoms with Gasteiger partial charge >= 0.3 is 5.97 Å². The van der Waals surface area contributed by atoms with Crippen LogP contribution in [0.3, 0.4) is 0 Å². The van der Waals surface area contributed by atoms with E-state index in [0.717, 1.165) is 18.7 Å². The smallest absolute Gasteiger partial charge is 0.303 e. The molecule has 2 rings (SSSR count). The molecule has 14 heavy (non-hydrogen) atoms.